The molecule has 0 radical (unpaired) electrons. The number of nitrogens with one attached hydrogen (secondary N) is 1. The second-order valence-corrected chi connectivity index (χ2v) is 11.0. The molecule has 36 heavy (non-hydrogen) atoms. The van der Waals surface area contributed by atoms with E-state index in [1.807, 2.05) is 24.3 Å². The molecule has 1 amide bonds. The Bertz CT molecular complexity index is 1240. The molecule has 0 bridgehead atoms. The van der Waals surface area contributed by atoms with E-state index in [0.29, 0.717) is 46.0 Å². The van der Waals surface area contributed by atoms with Gasteiger partial charge in [-0.05, 0) is 60.4 Å². The molecule has 7 nitrogen and oxygen atoms in total. The van der Waals surface area contributed by atoms with Crippen LogP contribution in [0.4, 0.5) is 5.00 Å². The lowest BCUT2D eigenvalue weighted by molar-refractivity contribution is 0.0947. The van der Waals surface area contributed by atoms with Crippen molar-refractivity contribution in [1.82, 2.24) is 5.32 Å². The van der Waals surface area contributed by atoms with Crippen LogP contribution in [0, 0.1) is 11.3 Å². The Morgan fingerprint density at radius 1 is 1.17 bits per heavy atom. The van der Waals surface area contributed by atoms with E-state index in [9.17, 15) is 4.79 Å². The summed E-state index contributed by atoms with van der Waals surface area (Å²) < 4.78 is 21.9. The van der Waals surface area contributed by atoms with E-state index in [1.165, 1.54) is 4.88 Å². The van der Waals surface area contributed by atoms with Crippen LogP contribution in [0.3, 0.4) is 0 Å². The van der Waals surface area contributed by atoms with Crippen molar-refractivity contribution in [2.45, 2.75) is 46.6 Å². The molecule has 0 spiro atoms. The number of hydrogen-bond donors (Lipinski definition) is 1. The minimum Gasteiger partial charge on any atom is -0.493 e. The zero-order valence-electron chi connectivity index (χ0n) is 21.8. The maximum Gasteiger partial charge on any atom is 0.255 e. The fourth-order valence-electron chi connectivity index (χ4n) is 4.66. The number of amides is 1. The molecule has 8 heteroatoms. The van der Waals surface area contributed by atoms with Gasteiger partial charge in [0.25, 0.3) is 5.91 Å². The van der Waals surface area contributed by atoms with Crippen LogP contribution in [-0.4, -0.2) is 33.5 Å². The quantitative estimate of drug-likeness (QED) is 0.365. The van der Waals surface area contributed by atoms with Crippen molar-refractivity contribution < 1.29 is 23.4 Å². The van der Waals surface area contributed by atoms with Gasteiger partial charge in [0.1, 0.15) is 10.8 Å². The van der Waals surface area contributed by atoms with Crippen LogP contribution in [0.15, 0.2) is 39.9 Å². The lowest BCUT2D eigenvalue weighted by Gasteiger charge is -2.33. The summed E-state index contributed by atoms with van der Waals surface area (Å²) in [5.74, 6) is 2.73. The number of carbonyl (C=O) groups excluding carboxylic acids is 1. The predicted molar refractivity (Wildman–Crippen MR) is 143 cm³/mol. The van der Waals surface area contributed by atoms with E-state index in [1.54, 1.807) is 45.1 Å². The first-order chi connectivity index (χ1) is 17.3. The molecule has 3 aromatic rings. The molecule has 0 saturated heterocycles. The van der Waals surface area contributed by atoms with Gasteiger partial charge in [0, 0.05) is 16.7 Å². The van der Waals surface area contributed by atoms with Crippen LogP contribution in [0.25, 0.3) is 0 Å². The number of hydrogen-bond acceptors (Lipinski definition) is 7. The van der Waals surface area contributed by atoms with Crippen LogP contribution in [0.1, 0.15) is 59.3 Å². The average molecular weight is 511 g/mol. The minimum atomic E-state index is -0.135. The molecule has 1 aromatic carbocycles. The SMILES string of the molecule is COc1ccc(C=Nc2sc3c(c2C(=O)NCc2ccco2)CC[C@H](C(C)(C)C)C3)c(OC)c1OC. The van der Waals surface area contributed by atoms with Gasteiger partial charge < -0.3 is 23.9 Å². The second-order valence-electron chi connectivity index (χ2n) is 9.93. The van der Waals surface area contributed by atoms with E-state index >= 15 is 0 Å². The predicted octanol–water partition coefficient (Wildman–Crippen LogP) is 6.20. The lowest BCUT2D eigenvalue weighted by Crippen LogP contribution is -2.28. The van der Waals surface area contributed by atoms with Gasteiger partial charge >= 0.3 is 0 Å². The summed E-state index contributed by atoms with van der Waals surface area (Å²) in [5, 5.41) is 3.71. The molecule has 4 rings (SSSR count). The molecular formula is C28H34N2O5S. The van der Waals surface area contributed by atoms with Crippen LogP contribution >= 0.6 is 11.3 Å². The third-order valence-corrected chi connectivity index (χ3v) is 7.92. The normalized spacial score (nSPS) is 15.6. The van der Waals surface area contributed by atoms with Gasteiger partial charge in [0.15, 0.2) is 11.5 Å². The first-order valence-electron chi connectivity index (χ1n) is 12.0. The topological polar surface area (TPSA) is 82.3 Å². The highest BCUT2D eigenvalue weighted by atomic mass is 32.1. The summed E-state index contributed by atoms with van der Waals surface area (Å²) in [5.41, 5.74) is 2.71. The highest BCUT2D eigenvalue weighted by Gasteiger charge is 2.33. The van der Waals surface area contributed by atoms with Crippen molar-refractivity contribution in [3.8, 4) is 17.2 Å². The molecule has 1 aliphatic rings. The summed E-state index contributed by atoms with van der Waals surface area (Å²) >= 11 is 1.60. The first kappa shape index (κ1) is 25.8. The molecular weight excluding hydrogens is 476 g/mol. The number of carbonyl (C=O) groups is 1. The molecule has 0 unspecified atom stereocenters. The second kappa shape index (κ2) is 10.8. The lowest BCUT2D eigenvalue weighted by atomic mass is 9.72. The number of fused-ring (bicyclic) bond motifs is 1. The molecule has 1 aliphatic carbocycles. The highest BCUT2D eigenvalue weighted by molar-refractivity contribution is 7.16. The molecule has 2 heterocycles. The summed E-state index contributed by atoms with van der Waals surface area (Å²) in [7, 11) is 4.74. The van der Waals surface area contributed by atoms with Crippen molar-refractivity contribution in [2.75, 3.05) is 21.3 Å². The van der Waals surface area contributed by atoms with Gasteiger partial charge in [0.2, 0.25) is 5.75 Å². The highest BCUT2D eigenvalue weighted by Crippen LogP contribution is 2.45. The van der Waals surface area contributed by atoms with Crippen LogP contribution in [-0.2, 0) is 19.4 Å². The van der Waals surface area contributed by atoms with Crippen molar-refractivity contribution in [3.05, 3.63) is 57.9 Å². The van der Waals surface area contributed by atoms with E-state index in [-0.39, 0.29) is 11.3 Å². The number of nitrogens with zero attached hydrogens (tertiary/aromatic N) is 1. The molecule has 1 atom stereocenters. The molecule has 2 aromatic heterocycles. The Hall–Kier alpha value is -3.26. The largest absolute Gasteiger partial charge is 0.493 e. The molecule has 192 valence electrons. The van der Waals surface area contributed by atoms with Gasteiger partial charge in [-0.15, -0.1) is 11.3 Å². The summed E-state index contributed by atoms with van der Waals surface area (Å²) in [6.45, 7) is 7.19. The Labute approximate surface area is 216 Å². The monoisotopic (exact) mass is 510 g/mol. The van der Waals surface area contributed by atoms with Crippen LogP contribution in [0.5, 0.6) is 17.2 Å². The standard InChI is InChI=1S/C28H34N2O5S/c1-28(2,3)18-10-11-20-22(14-18)36-27(23(20)26(31)29-16-19-8-7-13-35-19)30-15-17-9-12-21(32-4)25(34-6)24(17)33-5/h7-9,12-13,15,18H,10-11,14,16H2,1-6H3,(H,29,31)/t18-/m0/s1. The fourth-order valence-corrected chi connectivity index (χ4v) is 5.93. The third-order valence-electron chi connectivity index (χ3n) is 6.76. The number of aliphatic imine (C=N–C) groups is 1. The molecule has 0 saturated carbocycles. The number of benzene rings is 1. The smallest absolute Gasteiger partial charge is 0.255 e. The zero-order chi connectivity index (χ0) is 25.9. The van der Waals surface area contributed by atoms with Gasteiger partial charge in [-0.1, -0.05) is 20.8 Å². The summed E-state index contributed by atoms with van der Waals surface area (Å²) in [6.07, 6.45) is 6.21. The van der Waals surface area contributed by atoms with Crippen molar-refractivity contribution in [2.24, 2.45) is 16.3 Å². The number of furan rings is 1. The Morgan fingerprint density at radius 2 is 1.94 bits per heavy atom. The fraction of sp³-hybridized carbons (Fsp3) is 0.429. The van der Waals surface area contributed by atoms with Gasteiger partial charge in [-0.3, -0.25) is 4.79 Å². The van der Waals surface area contributed by atoms with Crippen LogP contribution < -0.4 is 19.5 Å². The maximum atomic E-state index is 13.4. The van der Waals surface area contributed by atoms with E-state index in [0.717, 1.165) is 30.4 Å². The number of methoxy groups -OCH3 is 3. The Kier molecular flexibility index (Phi) is 7.73. The third kappa shape index (κ3) is 5.28. The van der Waals surface area contributed by atoms with Gasteiger partial charge in [0.05, 0.1) is 39.7 Å². The first-order valence-corrected chi connectivity index (χ1v) is 12.9. The molecule has 1 N–H and O–H groups in total. The van der Waals surface area contributed by atoms with E-state index < -0.39 is 0 Å². The number of ether oxygens (including phenoxy) is 3. The van der Waals surface area contributed by atoms with Gasteiger partial charge in [-0.2, -0.15) is 0 Å². The zero-order valence-corrected chi connectivity index (χ0v) is 22.6. The van der Waals surface area contributed by atoms with E-state index in [4.69, 9.17) is 23.6 Å². The van der Waals surface area contributed by atoms with Crippen molar-refractivity contribution in [3.63, 3.8) is 0 Å². The van der Waals surface area contributed by atoms with E-state index in [2.05, 4.69) is 26.1 Å². The summed E-state index contributed by atoms with van der Waals surface area (Å²) in [4.78, 5) is 19.5. The molecule has 0 aliphatic heterocycles. The number of thiophene rings is 1. The Morgan fingerprint density at radius 3 is 2.58 bits per heavy atom. The van der Waals surface area contributed by atoms with Crippen molar-refractivity contribution >= 4 is 28.5 Å². The maximum absolute atomic E-state index is 13.4. The van der Waals surface area contributed by atoms with Gasteiger partial charge in [-0.25, -0.2) is 4.99 Å². The average Bonchev–Trinajstić information content (AvgIpc) is 3.51. The Balaban J connectivity index is 1.71. The molecule has 0 fully saturated rings. The number of rotatable bonds is 8. The van der Waals surface area contributed by atoms with Crippen LogP contribution in [0.2, 0.25) is 0 Å². The minimum absolute atomic E-state index is 0.135. The summed E-state index contributed by atoms with van der Waals surface area (Å²) in [6, 6.07) is 7.34. The van der Waals surface area contributed by atoms with Crippen molar-refractivity contribution in [1.29, 1.82) is 0 Å².